The van der Waals surface area contributed by atoms with Crippen LogP contribution in [0.1, 0.15) is 44.1 Å². The minimum absolute atomic E-state index is 0.245. The Morgan fingerprint density at radius 1 is 1.09 bits per heavy atom. The van der Waals surface area contributed by atoms with Gasteiger partial charge in [-0.2, -0.15) is 18.4 Å². The zero-order valence-electron chi connectivity index (χ0n) is 12.9. The minimum Gasteiger partial charge on any atom is -0.200 e. The van der Waals surface area contributed by atoms with E-state index in [2.05, 4.69) is 16.0 Å². The smallest absolute Gasteiger partial charge is 0.200 e. The summed E-state index contributed by atoms with van der Waals surface area (Å²) in [6.45, 7) is 1.93. The van der Waals surface area contributed by atoms with E-state index in [0.29, 0.717) is 5.41 Å². The normalized spacial score (nSPS) is 22.3. The number of hydrazone groups is 1. The van der Waals surface area contributed by atoms with Gasteiger partial charge in [-0.1, -0.05) is 36.6 Å². The van der Waals surface area contributed by atoms with Gasteiger partial charge in [0.25, 0.3) is 10.0 Å². The van der Waals surface area contributed by atoms with Crippen LogP contribution < -0.4 is 4.83 Å². The van der Waals surface area contributed by atoms with Crippen LogP contribution in [0.15, 0.2) is 46.4 Å². The summed E-state index contributed by atoms with van der Waals surface area (Å²) in [5.41, 5.74) is 2.20. The molecule has 0 saturated heterocycles. The summed E-state index contributed by atoms with van der Waals surface area (Å²) < 4.78 is 24.4. The van der Waals surface area contributed by atoms with E-state index in [0.717, 1.165) is 24.1 Å². The molecule has 1 aromatic rings. The van der Waals surface area contributed by atoms with E-state index in [4.69, 9.17) is 0 Å². The standard InChI is InChI=1S/C17H22N2O2S/c1-14-4-6-16(7-5-14)22(20,21)19-18-15-8-12-17(13-9-15)10-2-3-11-17/h4-8,12,19H,2-3,9-11,13H2,1H3/b18-15+. The molecule has 2 aliphatic carbocycles. The molecule has 0 radical (unpaired) electrons. The molecule has 0 unspecified atom stereocenters. The Morgan fingerprint density at radius 3 is 2.36 bits per heavy atom. The summed E-state index contributed by atoms with van der Waals surface area (Å²) >= 11 is 0. The van der Waals surface area contributed by atoms with Gasteiger partial charge in [0.15, 0.2) is 0 Å². The summed E-state index contributed by atoms with van der Waals surface area (Å²) in [5.74, 6) is 0. The van der Waals surface area contributed by atoms with Gasteiger partial charge < -0.3 is 0 Å². The van der Waals surface area contributed by atoms with Gasteiger partial charge in [0.1, 0.15) is 0 Å². The lowest BCUT2D eigenvalue weighted by molar-refractivity contribution is 0.365. The number of nitrogens with one attached hydrogen (secondary N) is 1. The minimum atomic E-state index is -3.58. The lowest BCUT2D eigenvalue weighted by Crippen LogP contribution is -2.23. The van der Waals surface area contributed by atoms with Gasteiger partial charge in [-0.15, -0.1) is 0 Å². The van der Waals surface area contributed by atoms with E-state index in [1.54, 1.807) is 24.3 Å². The largest absolute Gasteiger partial charge is 0.276 e. The maximum atomic E-state index is 12.2. The van der Waals surface area contributed by atoms with E-state index < -0.39 is 10.0 Å². The number of hydrogen-bond acceptors (Lipinski definition) is 3. The second kappa shape index (κ2) is 5.88. The van der Waals surface area contributed by atoms with Crippen molar-refractivity contribution in [1.82, 2.24) is 4.83 Å². The number of nitrogens with zero attached hydrogens (tertiary/aromatic N) is 1. The summed E-state index contributed by atoms with van der Waals surface area (Å²) in [6.07, 6.45) is 11.3. The monoisotopic (exact) mass is 318 g/mol. The van der Waals surface area contributed by atoms with Crippen molar-refractivity contribution >= 4 is 15.7 Å². The summed E-state index contributed by atoms with van der Waals surface area (Å²) in [7, 11) is -3.58. The quantitative estimate of drug-likeness (QED) is 0.867. The van der Waals surface area contributed by atoms with E-state index in [1.165, 1.54) is 25.7 Å². The molecule has 0 heterocycles. The highest BCUT2D eigenvalue weighted by molar-refractivity contribution is 7.89. The summed E-state index contributed by atoms with van der Waals surface area (Å²) in [4.78, 5) is 2.60. The molecule has 0 bridgehead atoms. The van der Waals surface area contributed by atoms with Crippen molar-refractivity contribution in [1.29, 1.82) is 0 Å². The van der Waals surface area contributed by atoms with Crippen molar-refractivity contribution in [2.45, 2.75) is 50.3 Å². The Bertz CT molecular complexity index is 697. The van der Waals surface area contributed by atoms with Crippen molar-refractivity contribution in [2.75, 3.05) is 0 Å². The Hall–Kier alpha value is -1.62. The average Bonchev–Trinajstić information content (AvgIpc) is 2.96. The zero-order valence-corrected chi connectivity index (χ0v) is 13.7. The Morgan fingerprint density at radius 2 is 1.77 bits per heavy atom. The number of rotatable bonds is 3. The molecule has 1 saturated carbocycles. The van der Waals surface area contributed by atoms with Gasteiger partial charge in [0, 0.05) is 0 Å². The van der Waals surface area contributed by atoms with Crippen molar-refractivity contribution < 1.29 is 8.42 Å². The van der Waals surface area contributed by atoms with E-state index in [-0.39, 0.29) is 4.90 Å². The summed E-state index contributed by atoms with van der Waals surface area (Å²) in [6, 6.07) is 6.77. The van der Waals surface area contributed by atoms with Gasteiger partial charge in [-0.3, -0.25) is 0 Å². The van der Waals surface area contributed by atoms with Crippen LogP contribution in [0.25, 0.3) is 0 Å². The lowest BCUT2D eigenvalue weighted by atomic mass is 9.77. The van der Waals surface area contributed by atoms with E-state index in [9.17, 15) is 8.42 Å². The fourth-order valence-electron chi connectivity index (χ4n) is 3.29. The van der Waals surface area contributed by atoms with Crippen LogP contribution in [0.2, 0.25) is 0 Å². The Kier molecular flexibility index (Phi) is 4.08. The van der Waals surface area contributed by atoms with Crippen LogP contribution >= 0.6 is 0 Å². The fraction of sp³-hybridized carbons (Fsp3) is 0.471. The fourth-order valence-corrected chi connectivity index (χ4v) is 4.13. The van der Waals surface area contributed by atoms with Crippen LogP contribution in [-0.4, -0.2) is 14.1 Å². The van der Waals surface area contributed by atoms with E-state index >= 15 is 0 Å². The maximum Gasteiger partial charge on any atom is 0.276 e. The third-order valence-corrected chi connectivity index (χ3v) is 5.97. The molecular weight excluding hydrogens is 296 g/mol. The topological polar surface area (TPSA) is 58.5 Å². The maximum absolute atomic E-state index is 12.2. The molecule has 1 N–H and O–H groups in total. The highest BCUT2D eigenvalue weighted by atomic mass is 32.2. The van der Waals surface area contributed by atoms with Crippen molar-refractivity contribution in [3.8, 4) is 0 Å². The number of sulfonamides is 1. The number of benzene rings is 1. The van der Waals surface area contributed by atoms with Crippen LogP contribution in [0.4, 0.5) is 0 Å². The second-order valence-electron chi connectivity index (χ2n) is 6.41. The molecule has 3 rings (SSSR count). The molecule has 0 aliphatic heterocycles. The third-order valence-electron chi connectivity index (χ3n) is 4.75. The molecule has 1 fully saturated rings. The molecular formula is C17H22N2O2S. The highest BCUT2D eigenvalue weighted by Crippen LogP contribution is 2.45. The SMILES string of the molecule is Cc1ccc(S(=O)(=O)N/N=C2\C=CC3(CCCC3)CC2)cc1. The molecule has 1 spiro atoms. The molecule has 0 aromatic heterocycles. The lowest BCUT2D eigenvalue weighted by Gasteiger charge is -2.28. The first-order valence-electron chi connectivity index (χ1n) is 7.84. The van der Waals surface area contributed by atoms with Crippen LogP contribution in [-0.2, 0) is 10.0 Å². The second-order valence-corrected chi connectivity index (χ2v) is 8.07. The van der Waals surface area contributed by atoms with Gasteiger partial charge >= 0.3 is 0 Å². The van der Waals surface area contributed by atoms with E-state index in [1.807, 2.05) is 13.0 Å². The van der Waals surface area contributed by atoms with Gasteiger partial charge in [0.05, 0.1) is 10.6 Å². The van der Waals surface area contributed by atoms with Crippen molar-refractivity contribution in [3.63, 3.8) is 0 Å². The predicted octanol–water partition coefficient (Wildman–Crippen LogP) is 3.54. The van der Waals surface area contributed by atoms with Crippen LogP contribution in [0, 0.1) is 12.3 Å². The molecule has 22 heavy (non-hydrogen) atoms. The van der Waals surface area contributed by atoms with Gasteiger partial charge in [-0.25, -0.2) is 0 Å². The van der Waals surface area contributed by atoms with Crippen molar-refractivity contribution in [2.24, 2.45) is 10.5 Å². The molecule has 1 aromatic carbocycles. The number of hydrogen-bond donors (Lipinski definition) is 1. The number of allylic oxidation sites excluding steroid dienone is 2. The molecule has 118 valence electrons. The Labute approximate surface area is 132 Å². The Balaban J connectivity index is 1.70. The molecule has 2 aliphatic rings. The molecule has 5 heteroatoms. The van der Waals surface area contributed by atoms with Crippen LogP contribution in [0.3, 0.4) is 0 Å². The van der Waals surface area contributed by atoms with Gasteiger partial charge in [-0.05, 0) is 56.2 Å². The van der Waals surface area contributed by atoms with Crippen molar-refractivity contribution in [3.05, 3.63) is 42.0 Å². The zero-order chi connectivity index (χ0) is 15.6. The predicted molar refractivity (Wildman–Crippen MR) is 88.2 cm³/mol. The first-order valence-corrected chi connectivity index (χ1v) is 9.32. The number of aryl methyl sites for hydroxylation is 1. The molecule has 0 amide bonds. The first-order chi connectivity index (χ1) is 10.5. The molecule has 4 nitrogen and oxygen atoms in total. The highest BCUT2D eigenvalue weighted by Gasteiger charge is 2.33. The third kappa shape index (κ3) is 3.24. The average molecular weight is 318 g/mol. The summed E-state index contributed by atoms with van der Waals surface area (Å²) in [5, 5.41) is 4.10. The first kappa shape index (κ1) is 15.3. The molecule has 0 atom stereocenters. The van der Waals surface area contributed by atoms with Crippen LogP contribution in [0.5, 0.6) is 0 Å². The van der Waals surface area contributed by atoms with Gasteiger partial charge in [0.2, 0.25) is 0 Å².